The molecule has 0 aliphatic carbocycles. The van der Waals surface area contributed by atoms with E-state index in [1.165, 1.54) is 6.42 Å². The summed E-state index contributed by atoms with van der Waals surface area (Å²) in [5, 5.41) is 0. The third-order valence-corrected chi connectivity index (χ3v) is 5.68. The van der Waals surface area contributed by atoms with E-state index >= 15 is 0 Å². The standard InChI is InChI=1S/C18H25N3O2/c22-17-18(14-21(17)12-15-2-1-6-19-10-15)4-7-20(8-5-18)11-16-3-9-23-13-16/h1-2,6,10,16H,3-5,7-9,11-14H2/t16-/m1/s1. The second-order valence-electron chi connectivity index (χ2n) is 7.33. The zero-order valence-corrected chi connectivity index (χ0v) is 13.6. The van der Waals surface area contributed by atoms with E-state index in [9.17, 15) is 4.79 Å². The largest absolute Gasteiger partial charge is 0.381 e. The summed E-state index contributed by atoms with van der Waals surface area (Å²) in [6.45, 7) is 6.72. The van der Waals surface area contributed by atoms with Crippen LogP contribution in [-0.4, -0.2) is 60.1 Å². The van der Waals surface area contributed by atoms with E-state index in [4.69, 9.17) is 4.74 Å². The molecule has 5 nitrogen and oxygen atoms in total. The number of carbonyl (C=O) groups is 1. The minimum absolute atomic E-state index is 0.0646. The molecule has 1 aromatic heterocycles. The molecule has 0 unspecified atom stereocenters. The normalized spacial score (nSPS) is 27.4. The number of hydrogen-bond acceptors (Lipinski definition) is 4. The van der Waals surface area contributed by atoms with E-state index in [-0.39, 0.29) is 5.41 Å². The SMILES string of the molecule is O=C1N(Cc2cccnc2)CC12CCN(C[C@H]1CCOC1)CC2. The second-order valence-corrected chi connectivity index (χ2v) is 7.33. The summed E-state index contributed by atoms with van der Waals surface area (Å²) in [6, 6.07) is 3.97. The van der Waals surface area contributed by atoms with Gasteiger partial charge in [-0.1, -0.05) is 6.07 Å². The van der Waals surface area contributed by atoms with Gasteiger partial charge < -0.3 is 14.5 Å². The van der Waals surface area contributed by atoms with Gasteiger partial charge >= 0.3 is 0 Å². The molecule has 1 aromatic rings. The second kappa shape index (κ2) is 6.21. The fourth-order valence-electron chi connectivity index (χ4n) is 4.22. The smallest absolute Gasteiger partial charge is 0.231 e. The number of ether oxygens (including phenoxy) is 1. The van der Waals surface area contributed by atoms with Crippen molar-refractivity contribution in [1.29, 1.82) is 0 Å². The molecule has 1 atom stereocenters. The fraction of sp³-hybridized carbons (Fsp3) is 0.667. The first-order valence-electron chi connectivity index (χ1n) is 8.74. The molecule has 3 aliphatic rings. The van der Waals surface area contributed by atoms with Gasteiger partial charge in [0.05, 0.1) is 12.0 Å². The van der Waals surface area contributed by atoms with Gasteiger partial charge in [0, 0.05) is 38.6 Å². The van der Waals surface area contributed by atoms with E-state index in [0.29, 0.717) is 18.4 Å². The lowest BCUT2D eigenvalue weighted by Gasteiger charge is -2.52. The van der Waals surface area contributed by atoms with E-state index in [0.717, 1.165) is 57.8 Å². The Morgan fingerprint density at radius 3 is 2.87 bits per heavy atom. The van der Waals surface area contributed by atoms with Gasteiger partial charge in [-0.25, -0.2) is 0 Å². The average Bonchev–Trinajstić information content (AvgIpc) is 3.10. The van der Waals surface area contributed by atoms with Crippen molar-refractivity contribution in [3.63, 3.8) is 0 Å². The molecular formula is C18H25N3O2. The number of hydrogen-bond donors (Lipinski definition) is 0. The highest BCUT2D eigenvalue weighted by Crippen LogP contribution is 2.42. The van der Waals surface area contributed by atoms with Crippen LogP contribution < -0.4 is 0 Å². The van der Waals surface area contributed by atoms with Gasteiger partial charge in [0.1, 0.15) is 0 Å². The van der Waals surface area contributed by atoms with Gasteiger partial charge in [-0.05, 0) is 49.9 Å². The van der Waals surface area contributed by atoms with E-state index in [1.807, 2.05) is 23.2 Å². The van der Waals surface area contributed by atoms with Crippen LogP contribution >= 0.6 is 0 Å². The summed E-state index contributed by atoms with van der Waals surface area (Å²) < 4.78 is 5.47. The van der Waals surface area contributed by atoms with E-state index in [2.05, 4.69) is 9.88 Å². The molecule has 0 bridgehead atoms. The van der Waals surface area contributed by atoms with Crippen molar-refractivity contribution in [2.75, 3.05) is 39.4 Å². The highest BCUT2D eigenvalue weighted by molar-refractivity contribution is 5.88. The lowest BCUT2D eigenvalue weighted by molar-refractivity contribution is -0.166. The number of carbonyl (C=O) groups excluding carboxylic acids is 1. The quantitative estimate of drug-likeness (QED) is 0.791. The molecule has 0 radical (unpaired) electrons. The number of rotatable bonds is 4. The Kier molecular flexibility index (Phi) is 4.07. The third kappa shape index (κ3) is 3.00. The number of nitrogens with zero attached hydrogens (tertiary/aromatic N) is 3. The molecule has 0 saturated carbocycles. The van der Waals surface area contributed by atoms with Crippen LogP contribution in [0.25, 0.3) is 0 Å². The Labute approximate surface area is 137 Å². The monoisotopic (exact) mass is 315 g/mol. The molecule has 124 valence electrons. The maximum absolute atomic E-state index is 12.7. The first kappa shape index (κ1) is 15.1. The lowest BCUT2D eigenvalue weighted by atomic mass is 9.71. The highest BCUT2D eigenvalue weighted by atomic mass is 16.5. The zero-order chi connectivity index (χ0) is 15.7. The summed E-state index contributed by atoms with van der Waals surface area (Å²) in [5.41, 5.74) is 1.06. The number of pyridine rings is 1. The van der Waals surface area contributed by atoms with Crippen LogP contribution in [0.4, 0.5) is 0 Å². The zero-order valence-electron chi connectivity index (χ0n) is 13.6. The molecule has 4 rings (SSSR count). The molecule has 3 aliphatic heterocycles. The highest BCUT2D eigenvalue weighted by Gasteiger charge is 2.52. The Balaban J connectivity index is 1.28. The minimum atomic E-state index is -0.0646. The summed E-state index contributed by atoms with van der Waals surface area (Å²) in [7, 11) is 0. The van der Waals surface area contributed by atoms with E-state index in [1.54, 1.807) is 6.20 Å². The molecule has 23 heavy (non-hydrogen) atoms. The Morgan fingerprint density at radius 2 is 2.22 bits per heavy atom. The molecule has 3 fully saturated rings. The van der Waals surface area contributed by atoms with Crippen molar-refractivity contribution >= 4 is 5.91 Å². The van der Waals surface area contributed by atoms with Gasteiger partial charge in [0.2, 0.25) is 5.91 Å². The molecule has 3 saturated heterocycles. The Hall–Kier alpha value is -1.46. The van der Waals surface area contributed by atoms with Crippen LogP contribution in [0.3, 0.4) is 0 Å². The number of aromatic nitrogens is 1. The number of β-lactam (4-membered cyclic amide) rings is 1. The van der Waals surface area contributed by atoms with Crippen molar-refractivity contribution in [2.24, 2.45) is 11.3 Å². The summed E-state index contributed by atoms with van der Waals surface area (Å²) in [4.78, 5) is 21.3. The fourth-order valence-corrected chi connectivity index (χ4v) is 4.22. The van der Waals surface area contributed by atoms with Crippen LogP contribution in [0, 0.1) is 11.3 Å². The molecule has 1 spiro atoms. The predicted molar refractivity (Wildman–Crippen MR) is 86.7 cm³/mol. The van der Waals surface area contributed by atoms with E-state index < -0.39 is 0 Å². The third-order valence-electron chi connectivity index (χ3n) is 5.68. The summed E-state index contributed by atoms with van der Waals surface area (Å²) >= 11 is 0. The van der Waals surface area contributed by atoms with Gasteiger partial charge in [-0.3, -0.25) is 9.78 Å². The van der Waals surface area contributed by atoms with Crippen molar-refractivity contribution in [3.05, 3.63) is 30.1 Å². The maximum atomic E-state index is 12.7. The predicted octanol–water partition coefficient (Wildman–Crippen LogP) is 1.54. The summed E-state index contributed by atoms with van der Waals surface area (Å²) in [5.74, 6) is 1.05. The van der Waals surface area contributed by atoms with Crippen LogP contribution in [0.2, 0.25) is 0 Å². The summed E-state index contributed by atoms with van der Waals surface area (Å²) in [6.07, 6.45) is 6.85. The first-order chi connectivity index (χ1) is 11.3. The molecule has 4 heterocycles. The Morgan fingerprint density at radius 1 is 1.35 bits per heavy atom. The van der Waals surface area contributed by atoms with Crippen LogP contribution in [0.1, 0.15) is 24.8 Å². The number of amides is 1. The maximum Gasteiger partial charge on any atom is 0.231 e. The van der Waals surface area contributed by atoms with Crippen molar-refractivity contribution in [1.82, 2.24) is 14.8 Å². The van der Waals surface area contributed by atoms with Gasteiger partial charge in [0.25, 0.3) is 0 Å². The van der Waals surface area contributed by atoms with Crippen molar-refractivity contribution in [2.45, 2.75) is 25.8 Å². The molecule has 0 aromatic carbocycles. The number of likely N-dealkylation sites (tertiary alicyclic amines) is 2. The Bertz CT molecular complexity index is 549. The minimum Gasteiger partial charge on any atom is -0.381 e. The topological polar surface area (TPSA) is 45.7 Å². The van der Waals surface area contributed by atoms with Crippen LogP contribution in [0.15, 0.2) is 24.5 Å². The van der Waals surface area contributed by atoms with Gasteiger partial charge in [-0.15, -0.1) is 0 Å². The molecular weight excluding hydrogens is 290 g/mol. The lowest BCUT2D eigenvalue weighted by Crippen LogP contribution is -2.64. The van der Waals surface area contributed by atoms with Crippen LogP contribution in [-0.2, 0) is 16.1 Å². The molecule has 5 heteroatoms. The molecule has 0 N–H and O–H groups in total. The van der Waals surface area contributed by atoms with Crippen molar-refractivity contribution in [3.8, 4) is 0 Å². The number of piperidine rings is 1. The molecule has 1 amide bonds. The first-order valence-corrected chi connectivity index (χ1v) is 8.74. The van der Waals surface area contributed by atoms with Gasteiger partial charge in [0.15, 0.2) is 0 Å². The van der Waals surface area contributed by atoms with Crippen LogP contribution in [0.5, 0.6) is 0 Å². The van der Waals surface area contributed by atoms with Gasteiger partial charge in [-0.2, -0.15) is 0 Å². The van der Waals surface area contributed by atoms with Crippen molar-refractivity contribution < 1.29 is 9.53 Å². The average molecular weight is 315 g/mol.